The van der Waals surface area contributed by atoms with E-state index in [0.717, 1.165) is 0 Å². The van der Waals surface area contributed by atoms with Crippen molar-refractivity contribution in [2.24, 2.45) is 0 Å². The van der Waals surface area contributed by atoms with Crippen LogP contribution in [0.25, 0.3) is 0 Å². The lowest BCUT2D eigenvalue weighted by molar-refractivity contribution is 0.249. The van der Waals surface area contributed by atoms with Crippen LogP contribution in [0, 0.1) is 6.20 Å². The summed E-state index contributed by atoms with van der Waals surface area (Å²) >= 11 is 0. The van der Waals surface area contributed by atoms with Crippen molar-refractivity contribution in [3.05, 3.63) is 18.2 Å². The molecule has 0 fully saturated rings. The molecule has 0 atom stereocenters. The SMILES string of the molecule is CC(C)(C)n1[c]cnc1CO. The molecule has 1 aromatic rings. The molecule has 0 aliphatic rings. The van der Waals surface area contributed by atoms with Crippen LogP contribution in [-0.4, -0.2) is 14.7 Å². The molecule has 0 unspecified atom stereocenters. The predicted octanol–water partition coefficient (Wildman–Crippen LogP) is 0.931. The van der Waals surface area contributed by atoms with Gasteiger partial charge in [-0.15, -0.1) is 0 Å². The number of imidazole rings is 1. The summed E-state index contributed by atoms with van der Waals surface area (Å²) in [4.78, 5) is 3.96. The molecule has 61 valence electrons. The minimum Gasteiger partial charge on any atom is -0.388 e. The van der Waals surface area contributed by atoms with Crippen molar-refractivity contribution in [1.82, 2.24) is 9.55 Å². The van der Waals surface area contributed by atoms with Gasteiger partial charge in [0.15, 0.2) is 0 Å². The fourth-order valence-electron chi connectivity index (χ4n) is 0.986. The second-order valence-electron chi connectivity index (χ2n) is 3.47. The quantitative estimate of drug-likeness (QED) is 0.651. The fourth-order valence-corrected chi connectivity index (χ4v) is 0.986. The fraction of sp³-hybridized carbons (Fsp3) is 0.625. The lowest BCUT2D eigenvalue weighted by atomic mass is 10.1. The third-order valence-corrected chi connectivity index (χ3v) is 1.47. The van der Waals surface area contributed by atoms with Crippen LogP contribution in [0.5, 0.6) is 0 Å². The van der Waals surface area contributed by atoms with E-state index in [0.29, 0.717) is 5.82 Å². The van der Waals surface area contributed by atoms with Gasteiger partial charge in [-0.1, -0.05) is 0 Å². The minimum absolute atomic E-state index is 0.0270. The second kappa shape index (κ2) is 2.66. The highest BCUT2D eigenvalue weighted by atomic mass is 16.3. The van der Waals surface area contributed by atoms with Crippen LogP contribution < -0.4 is 0 Å². The van der Waals surface area contributed by atoms with Crippen LogP contribution >= 0.6 is 0 Å². The highest BCUT2D eigenvalue weighted by Gasteiger charge is 2.15. The standard InChI is InChI=1S/C8H13N2O/c1-8(2,3)10-5-4-9-7(10)6-11/h4,11H,6H2,1-3H3. The molecule has 1 heterocycles. The minimum atomic E-state index is -0.0471. The molecule has 3 heteroatoms. The highest BCUT2D eigenvalue weighted by molar-refractivity contribution is 4.94. The molecular formula is C8H13N2O. The maximum atomic E-state index is 8.87. The van der Waals surface area contributed by atoms with E-state index in [1.165, 1.54) is 0 Å². The first-order chi connectivity index (χ1) is 5.05. The molecule has 0 bridgehead atoms. The van der Waals surface area contributed by atoms with Crippen LogP contribution in [0.15, 0.2) is 6.20 Å². The Morgan fingerprint density at radius 2 is 2.27 bits per heavy atom. The number of hydrogen-bond acceptors (Lipinski definition) is 2. The van der Waals surface area contributed by atoms with Crippen LogP contribution in [0.2, 0.25) is 0 Å². The zero-order valence-corrected chi connectivity index (χ0v) is 7.13. The third kappa shape index (κ3) is 1.60. The molecule has 3 nitrogen and oxygen atoms in total. The zero-order chi connectivity index (χ0) is 8.48. The van der Waals surface area contributed by atoms with Crippen LogP contribution in [0.3, 0.4) is 0 Å². The number of nitrogens with zero attached hydrogens (tertiary/aromatic N) is 2. The largest absolute Gasteiger partial charge is 0.388 e. The second-order valence-corrected chi connectivity index (χ2v) is 3.47. The number of aliphatic hydroxyl groups is 1. The van der Waals surface area contributed by atoms with Crippen LogP contribution in [0.1, 0.15) is 26.6 Å². The monoisotopic (exact) mass is 153 g/mol. The molecule has 0 saturated carbocycles. The molecule has 1 aromatic heterocycles. The maximum absolute atomic E-state index is 8.87. The summed E-state index contributed by atoms with van der Waals surface area (Å²) in [6, 6.07) is 0. The molecule has 0 spiro atoms. The van der Waals surface area contributed by atoms with E-state index >= 15 is 0 Å². The molecule has 1 N–H and O–H groups in total. The van der Waals surface area contributed by atoms with E-state index in [-0.39, 0.29) is 12.1 Å². The molecule has 0 aromatic carbocycles. The highest BCUT2D eigenvalue weighted by Crippen LogP contribution is 2.14. The van der Waals surface area contributed by atoms with Gasteiger partial charge in [-0.3, -0.25) is 0 Å². The van der Waals surface area contributed by atoms with Crippen molar-refractivity contribution in [3.63, 3.8) is 0 Å². The van der Waals surface area contributed by atoms with Crippen LogP contribution in [0.4, 0.5) is 0 Å². The summed E-state index contributed by atoms with van der Waals surface area (Å²) in [5.74, 6) is 0.664. The topological polar surface area (TPSA) is 38.0 Å². The Labute approximate surface area is 66.7 Å². The Morgan fingerprint density at radius 3 is 2.64 bits per heavy atom. The van der Waals surface area contributed by atoms with Crippen molar-refractivity contribution >= 4 is 0 Å². The summed E-state index contributed by atoms with van der Waals surface area (Å²) in [6.07, 6.45) is 4.52. The van der Waals surface area contributed by atoms with E-state index in [1.807, 2.05) is 25.3 Å². The number of aliphatic hydroxyl groups excluding tert-OH is 1. The molecule has 0 aliphatic heterocycles. The lowest BCUT2D eigenvalue weighted by Crippen LogP contribution is -2.23. The van der Waals surface area contributed by atoms with E-state index in [2.05, 4.69) is 11.2 Å². The number of hydrogen-bond donors (Lipinski definition) is 1. The van der Waals surface area contributed by atoms with Gasteiger partial charge in [0.2, 0.25) is 0 Å². The van der Waals surface area contributed by atoms with Gasteiger partial charge < -0.3 is 9.67 Å². The van der Waals surface area contributed by atoms with Gasteiger partial charge in [0, 0.05) is 5.54 Å². The van der Waals surface area contributed by atoms with Crippen LogP contribution in [-0.2, 0) is 12.1 Å². The molecular weight excluding hydrogens is 140 g/mol. The predicted molar refractivity (Wildman–Crippen MR) is 42.0 cm³/mol. The van der Waals surface area contributed by atoms with Crippen molar-refractivity contribution in [1.29, 1.82) is 0 Å². The van der Waals surface area contributed by atoms with Gasteiger partial charge >= 0.3 is 0 Å². The van der Waals surface area contributed by atoms with Crippen molar-refractivity contribution < 1.29 is 5.11 Å². The Morgan fingerprint density at radius 1 is 1.64 bits per heavy atom. The van der Waals surface area contributed by atoms with Gasteiger partial charge in [0.05, 0.1) is 12.4 Å². The molecule has 0 amide bonds. The van der Waals surface area contributed by atoms with Crippen molar-refractivity contribution in [2.75, 3.05) is 0 Å². The first-order valence-corrected chi connectivity index (χ1v) is 3.61. The Balaban J connectivity index is 3.02. The van der Waals surface area contributed by atoms with E-state index in [4.69, 9.17) is 5.11 Å². The number of rotatable bonds is 1. The Hall–Kier alpha value is -0.830. The zero-order valence-electron chi connectivity index (χ0n) is 7.13. The first-order valence-electron chi connectivity index (χ1n) is 3.61. The average Bonchev–Trinajstić information content (AvgIpc) is 2.31. The molecule has 11 heavy (non-hydrogen) atoms. The van der Waals surface area contributed by atoms with Gasteiger partial charge in [0.1, 0.15) is 12.4 Å². The van der Waals surface area contributed by atoms with Crippen molar-refractivity contribution in [3.8, 4) is 0 Å². The smallest absolute Gasteiger partial charge is 0.135 e. The summed E-state index contributed by atoms with van der Waals surface area (Å²) in [6.45, 7) is 6.11. The average molecular weight is 153 g/mol. The van der Waals surface area contributed by atoms with Gasteiger partial charge in [-0.25, -0.2) is 4.98 Å². The molecule has 0 aliphatic carbocycles. The van der Waals surface area contributed by atoms with Gasteiger partial charge in [0.25, 0.3) is 0 Å². The maximum Gasteiger partial charge on any atom is 0.135 e. The molecule has 0 saturated heterocycles. The van der Waals surface area contributed by atoms with Gasteiger partial charge in [-0.2, -0.15) is 0 Å². The first kappa shape index (κ1) is 8.27. The molecule has 1 rings (SSSR count). The van der Waals surface area contributed by atoms with E-state index in [9.17, 15) is 0 Å². The van der Waals surface area contributed by atoms with Gasteiger partial charge in [-0.05, 0) is 20.8 Å². The summed E-state index contributed by atoms with van der Waals surface area (Å²) in [5.41, 5.74) is -0.0471. The van der Waals surface area contributed by atoms with Crippen molar-refractivity contribution in [2.45, 2.75) is 32.9 Å². The number of aromatic nitrogens is 2. The summed E-state index contributed by atoms with van der Waals surface area (Å²) in [5, 5.41) is 8.87. The summed E-state index contributed by atoms with van der Waals surface area (Å²) < 4.78 is 1.84. The molecule has 1 radical (unpaired) electrons. The van der Waals surface area contributed by atoms with E-state index < -0.39 is 0 Å². The normalized spacial score (nSPS) is 12.0. The van der Waals surface area contributed by atoms with E-state index in [1.54, 1.807) is 6.20 Å². The Kier molecular flexibility index (Phi) is 2.00. The third-order valence-electron chi connectivity index (χ3n) is 1.47. The summed E-state index contributed by atoms with van der Waals surface area (Å²) in [7, 11) is 0. The lowest BCUT2D eigenvalue weighted by Gasteiger charge is -2.22. The Bertz CT molecular complexity index is 234.